The molecule has 2 fully saturated rings. The molecule has 11 heteroatoms. The first-order chi connectivity index (χ1) is 20.2. The number of imidazole rings is 1. The standard InChI is InChI=1S/C31H33F3N6O2/c1-20-17-22(5-7-23(20)30(42)39-15-13-38(14-16-39)27(41)8-6-21-3-2-4-21)18-25-29-37-19-26(40(29)12-11-35-25)24-9-10-36-28(24)31(32,33)34/h5,7,9,11-12,17,19,21H,2-4,6,8,10,13-16,18H2,1H3. The van der Waals surface area contributed by atoms with E-state index < -0.39 is 11.9 Å². The minimum Gasteiger partial charge on any atom is -0.339 e. The predicted octanol–water partition coefficient (Wildman–Crippen LogP) is 4.89. The molecule has 0 atom stereocenters. The molecule has 3 aliphatic rings. The second kappa shape index (κ2) is 11.3. The van der Waals surface area contributed by atoms with Crippen molar-refractivity contribution in [3.63, 3.8) is 0 Å². The molecular formula is C31H33F3N6O2. The van der Waals surface area contributed by atoms with Gasteiger partial charge in [-0.15, -0.1) is 0 Å². The van der Waals surface area contributed by atoms with E-state index in [1.54, 1.807) is 16.8 Å². The molecule has 6 rings (SSSR count). The molecule has 0 unspecified atom stereocenters. The number of hydrogen-bond donors (Lipinski definition) is 0. The van der Waals surface area contributed by atoms with E-state index in [1.807, 2.05) is 34.9 Å². The Balaban J connectivity index is 1.11. The molecule has 1 saturated carbocycles. The minimum atomic E-state index is -4.54. The average Bonchev–Trinajstić information content (AvgIpc) is 3.60. The van der Waals surface area contributed by atoms with Gasteiger partial charge in [-0.3, -0.25) is 24.0 Å². The van der Waals surface area contributed by atoms with Gasteiger partial charge in [-0.05, 0) is 36.5 Å². The van der Waals surface area contributed by atoms with E-state index in [0.717, 1.165) is 17.5 Å². The Hall–Kier alpha value is -4.02. The van der Waals surface area contributed by atoms with Crippen LogP contribution in [0.5, 0.6) is 0 Å². The van der Waals surface area contributed by atoms with E-state index in [0.29, 0.717) is 67.5 Å². The van der Waals surface area contributed by atoms with E-state index in [-0.39, 0.29) is 23.9 Å². The SMILES string of the molecule is Cc1cc(Cc2nccn3c(C4=CCN=C4C(F)(F)F)cnc23)ccc1C(=O)N1CCN(C(=O)CCC2CCC2)CC1. The van der Waals surface area contributed by atoms with Crippen LogP contribution in [0.3, 0.4) is 0 Å². The van der Waals surface area contributed by atoms with Gasteiger partial charge in [0.25, 0.3) is 5.91 Å². The number of fused-ring (bicyclic) bond motifs is 1. The van der Waals surface area contributed by atoms with Gasteiger partial charge in [0.05, 0.1) is 24.1 Å². The fraction of sp³-hybridized carbons (Fsp3) is 0.452. The number of halogens is 3. The zero-order valence-electron chi connectivity index (χ0n) is 23.5. The summed E-state index contributed by atoms with van der Waals surface area (Å²) in [4.78, 5) is 42.1. The Morgan fingerprint density at radius 1 is 1.05 bits per heavy atom. The molecule has 1 aliphatic carbocycles. The quantitative estimate of drug-likeness (QED) is 0.400. The van der Waals surface area contributed by atoms with Crippen LogP contribution in [0.1, 0.15) is 65.0 Å². The smallest absolute Gasteiger partial charge is 0.339 e. The highest BCUT2D eigenvalue weighted by molar-refractivity contribution is 6.27. The number of piperazine rings is 1. The van der Waals surface area contributed by atoms with Crippen LogP contribution in [0.2, 0.25) is 0 Å². The van der Waals surface area contributed by atoms with Crippen molar-refractivity contribution >= 4 is 28.7 Å². The predicted molar refractivity (Wildman–Crippen MR) is 152 cm³/mol. The summed E-state index contributed by atoms with van der Waals surface area (Å²) >= 11 is 0. The maximum absolute atomic E-state index is 13.5. The van der Waals surface area contributed by atoms with Crippen LogP contribution < -0.4 is 0 Å². The van der Waals surface area contributed by atoms with Gasteiger partial charge in [-0.2, -0.15) is 13.2 Å². The van der Waals surface area contributed by atoms with E-state index in [4.69, 9.17) is 0 Å². The van der Waals surface area contributed by atoms with Gasteiger partial charge < -0.3 is 9.80 Å². The molecule has 8 nitrogen and oxygen atoms in total. The summed E-state index contributed by atoms with van der Waals surface area (Å²) in [5.41, 5.74) is 2.89. The number of hydrogen-bond acceptors (Lipinski definition) is 5. The highest BCUT2D eigenvalue weighted by Gasteiger charge is 2.40. The topological polar surface area (TPSA) is 83.2 Å². The van der Waals surface area contributed by atoms with Crippen molar-refractivity contribution in [1.29, 1.82) is 0 Å². The summed E-state index contributed by atoms with van der Waals surface area (Å²) in [5.74, 6) is 0.849. The fourth-order valence-corrected chi connectivity index (χ4v) is 6.04. The number of amides is 2. The molecule has 4 heterocycles. The number of nitrogens with zero attached hydrogens (tertiary/aromatic N) is 6. The number of benzene rings is 1. The number of aryl methyl sites for hydroxylation is 1. The molecule has 0 bridgehead atoms. The van der Waals surface area contributed by atoms with Crippen LogP contribution in [0.15, 0.2) is 47.9 Å². The number of carbonyl (C=O) groups is 2. The third-order valence-corrected chi connectivity index (χ3v) is 8.65. The normalized spacial score (nSPS) is 17.8. The van der Waals surface area contributed by atoms with Crippen molar-refractivity contribution in [2.45, 2.75) is 51.6 Å². The van der Waals surface area contributed by atoms with Crippen molar-refractivity contribution in [3.8, 4) is 0 Å². The summed E-state index contributed by atoms with van der Waals surface area (Å²) in [5, 5.41) is 0. The van der Waals surface area contributed by atoms with Crippen molar-refractivity contribution in [2.75, 3.05) is 32.7 Å². The van der Waals surface area contributed by atoms with E-state index in [1.165, 1.54) is 31.5 Å². The number of carbonyl (C=O) groups excluding carboxylic acids is 2. The number of aliphatic imine (C=N–C) groups is 1. The lowest BCUT2D eigenvalue weighted by atomic mass is 9.82. The fourth-order valence-electron chi connectivity index (χ4n) is 6.04. The summed E-state index contributed by atoms with van der Waals surface area (Å²) in [6.07, 6.45) is 7.23. The van der Waals surface area contributed by atoms with E-state index in [2.05, 4.69) is 15.0 Å². The Morgan fingerprint density at radius 3 is 2.50 bits per heavy atom. The van der Waals surface area contributed by atoms with Gasteiger partial charge in [0, 0.05) is 62.6 Å². The maximum atomic E-state index is 13.5. The molecule has 0 N–H and O–H groups in total. The van der Waals surface area contributed by atoms with Gasteiger partial charge in [0.2, 0.25) is 5.91 Å². The van der Waals surface area contributed by atoms with Crippen molar-refractivity contribution in [3.05, 3.63) is 70.9 Å². The van der Waals surface area contributed by atoms with Crippen molar-refractivity contribution in [1.82, 2.24) is 24.2 Å². The first-order valence-electron chi connectivity index (χ1n) is 14.5. The monoisotopic (exact) mass is 578 g/mol. The summed E-state index contributed by atoms with van der Waals surface area (Å²) < 4.78 is 42.0. The van der Waals surface area contributed by atoms with Crippen LogP contribution in [-0.4, -0.2) is 80.6 Å². The summed E-state index contributed by atoms with van der Waals surface area (Å²) in [7, 11) is 0. The molecule has 1 aromatic carbocycles. The first kappa shape index (κ1) is 28.1. The molecule has 1 saturated heterocycles. The van der Waals surface area contributed by atoms with Gasteiger partial charge in [0.1, 0.15) is 5.71 Å². The average molecular weight is 579 g/mol. The van der Waals surface area contributed by atoms with Crippen LogP contribution >= 0.6 is 0 Å². The molecule has 220 valence electrons. The van der Waals surface area contributed by atoms with Gasteiger partial charge in [0.15, 0.2) is 5.65 Å². The van der Waals surface area contributed by atoms with Gasteiger partial charge in [-0.1, -0.05) is 37.5 Å². The summed E-state index contributed by atoms with van der Waals surface area (Å²) in [6.45, 7) is 4.02. The molecule has 42 heavy (non-hydrogen) atoms. The summed E-state index contributed by atoms with van der Waals surface area (Å²) in [6, 6.07) is 5.63. The Bertz CT molecular complexity index is 1580. The number of aromatic nitrogens is 3. The lowest BCUT2D eigenvalue weighted by Crippen LogP contribution is -2.50. The molecular weight excluding hydrogens is 545 g/mol. The Morgan fingerprint density at radius 2 is 1.81 bits per heavy atom. The number of alkyl halides is 3. The molecule has 0 radical (unpaired) electrons. The van der Waals surface area contributed by atoms with Crippen LogP contribution in [0.4, 0.5) is 13.2 Å². The van der Waals surface area contributed by atoms with Crippen LogP contribution in [0.25, 0.3) is 11.2 Å². The van der Waals surface area contributed by atoms with Crippen LogP contribution in [-0.2, 0) is 11.2 Å². The van der Waals surface area contributed by atoms with Gasteiger partial charge in [-0.25, -0.2) is 4.98 Å². The molecule has 0 spiro atoms. The number of allylic oxidation sites excluding steroid dienone is 1. The Labute approximate surface area is 242 Å². The molecule has 3 aromatic rings. The lowest BCUT2D eigenvalue weighted by Gasteiger charge is -2.35. The zero-order valence-corrected chi connectivity index (χ0v) is 23.5. The second-order valence-corrected chi connectivity index (χ2v) is 11.4. The van der Waals surface area contributed by atoms with E-state index in [9.17, 15) is 22.8 Å². The van der Waals surface area contributed by atoms with E-state index >= 15 is 0 Å². The first-order valence-corrected chi connectivity index (χ1v) is 14.5. The highest BCUT2D eigenvalue weighted by atomic mass is 19.4. The highest BCUT2D eigenvalue weighted by Crippen LogP contribution is 2.32. The Kier molecular flexibility index (Phi) is 7.59. The second-order valence-electron chi connectivity index (χ2n) is 11.4. The third kappa shape index (κ3) is 5.56. The molecule has 2 aromatic heterocycles. The maximum Gasteiger partial charge on any atom is 0.433 e. The van der Waals surface area contributed by atoms with Crippen molar-refractivity contribution < 1.29 is 22.8 Å². The number of rotatable bonds is 7. The van der Waals surface area contributed by atoms with Crippen molar-refractivity contribution in [2.24, 2.45) is 10.9 Å². The molecule has 2 amide bonds. The third-order valence-electron chi connectivity index (χ3n) is 8.65. The lowest BCUT2D eigenvalue weighted by molar-refractivity contribution is -0.133. The van der Waals surface area contributed by atoms with Crippen LogP contribution in [0, 0.1) is 12.8 Å². The zero-order chi connectivity index (χ0) is 29.4. The minimum absolute atomic E-state index is 0.0183. The largest absolute Gasteiger partial charge is 0.433 e. The van der Waals surface area contributed by atoms with Gasteiger partial charge >= 0.3 is 6.18 Å². The molecule has 2 aliphatic heterocycles.